The van der Waals surface area contributed by atoms with Crippen LogP contribution in [-0.4, -0.2) is 30.5 Å². The third-order valence-corrected chi connectivity index (χ3v) is 7.24. The fraction of sp³-hybridized carbons (Fsp3) is 0.125. The SMILES string of the molecule is Cc1cc(-c2nn(-c3ccccc3)cc2C=c2sc3nc(C=Cc4ccccc4)nn3c2=O)ccc1OC(C)C. The number of ether oxygens (including phenoxy) is 1. The molecule has 0 bridgehead atoms. The van der Waals surface area contributed by atoms with E-state index in [1.54, 1.807) is 0 Å². The minimum absolute atomic E-state index is 0.0851. The first-order chi connectivity index (χ1) is 19.4. The van der Waals surface area contributed by atoms with Crippen molar-refractivity contribution in [2.45, 2.75) is 26.9 Å². The van der Waals surface area contributed by atoms with Crippen LogP contribution in [0.5, 0.6) is 5.75 Å². The molecule has 3 aromatic heterocycles. The van der Waals surface area contributed by atoms with E-state index in [1.165, 1.54) is 15.9 Å². The normalized spacial score (nSPS) is 12.2. The van der Waals surface area contributed by atoms with E-state index in [2.05, 4.69) is 16.1 Å². The number of fused-ring (bicyclic) bond motifs is 1. The van der Waals surface area contributed by atoms with Crippen LogP contribution in [-0.2, 0) is 0 Å². The average Bonchev–Trinajstić information content (AvgIpc) is 3.64. The van der Waals surface area contributed by atoms with Crippen molar-refractivity contribution in [3.8, 4) is 22.7 Å². The number of benzene rings is 3. The quantitative estimate of drug-likeness (QED) is 0.253. The smallest absolute Gasteiger partial charge is 0.291 e. The lowest BCUT2D eigenvalue weighted by atomic mass is 10.0. The molecule has 0 aliphatic heterocycles. The number of thiazole rings is 1. The molecule has 0 fully saturated rings. The van der Waals surface area contributed by atoms with Crippen molar-refractivity contribution in [3.05, 3.63) is 122 Å². The van der Waals surface area contributed by atoms with Crippen molar-refractivity contribution >= 4 is 34.5 Å². The van der Waals surface area contributed by atoms with Gasteiger partial charge in [0.25, 0.3) is 5.56 Å². The van der Waals surface area contributed by atoms with Gasteiger partial charge in [-0.1, -0.05) is 65.9 Å². The molecule has 40 heavy (non-hydrogen) atoms. The third kappa shape index (κ3) is 5.21. The van der Waals surface area contributed by atoms with Crippen LogP contribution in [0.2, 0.25) is 0 Å². The lowest BCUT2D eigenvalue weighted by molar-refractivity contribution is 0.241. The number of para-hydroxylation sites is 1. The van der Waals surface area contributed by atoms with Gasteiger partial charge in [-0.25, -0.2) is 4.68 Å². The maximum Gasteiger partial charge on any atom is 0.291 e. The van der Waals surface area contributed by atoms with Crippen molar-refractivity contribution in [3.63, 3.8) is 0 Å². The molecule has 0 spiro atoms. The van der Waals surface area contributed by atoms with Gasteiger partial charge in [0.1, 0.15) is 11.4 Å². The van der Waals surface area contributed by atoms with Crippen molar-refractivity contribution in [2.24, 2.45) is 0 Å². The van der Waals surface area contributed by atoms with Crippen molar-refractivity contribution in [1.82, 2.24) is 24.4 Å². The van der Waals surface area contributed by atoms with Gasteiger partial charge in [-0.15, -0.1) is 5.10 Å². The Bertz CT molecular complexity index is 1940. The summed E-state index contributed by atoms with van der Waals surface area (Å²) in [6.45, 7) is 6.05. The Morgan fingerprint density at radius 1 is 0.925 bits per heavy atom. The van der Waals surface area contributed by atoms with E-state index < -0.39 is 0 Å². The van der Waals surface area contributed by atoms with Crippen LogP contribution in [0.1, 0.15) is 36.4 Å². The van der Waals surface area contributed by atoms with E-state index in [-0.39, 0.29) is 11.7 Å². The summed E-state index contributed by atoms with van der Waals surface area (Å²) >= 11 is 1.31. The minimum atomic E-state index is -0.206. The first-order valence-electron chi connectivity index (χ1n) is 13.0. The number of aromatic nitrogens is 5. The molecule has 6 aromatic rings. The summed E-state index contributed by atoms with van der Waals surface area (Å²) in [5.74, 6) is 1.34. The molecular formula is C32H27N5O2S. The van der Waals surface area contributed by atoms with Gasteiger partial charge in [0.2, 0.25) is 4.96 Å². The summed E-state index contributed by atoms with van der Waals surface area (Å²) < 4.78 is 9.68. The summed E-state index contributed by atoms with van der Waals surface area (Å²) in [7, 11) is 0. The zero-order valence-corrected chi connectivity index (χ0v) is 23.2. The van der Waals surface area contributed by atoms with Crippen LogP contribution in [0.4, 0.5) is 0 Å². The summed E-state index contributed by atoms with van der Waals surface area (Å²) in [4.78, 5) is 18.4. The predicted molar refractivity (Wildman–Crippen MR) is 161 cm³/mol. The van der Waals surface area contributed by atoms with Gasteiger partial charge in [0.15, 0.2) is 5.82 Å². The molecule has 0 aliphatic carbocycles. The molecule has 6 rings (SSSR count). The Balaban J connectivity index is 1.42. The molecule has 0 saturated carbocycles. The van der Waals surface area contributed by atoms with Gasteiger partial charge < -0.3 is 4.74 Å². The number of nitrogens with zero attached hydrogens (tertiary/aromatic N) is 5. The summed E-state index contributed by atoms with van der Waals surface area (Å²) in [6.07, 6.45) is 7.65. The number of aryl methyl sites for hydroxylation is 1. The second-order valence-electron chi connectivity index (χ2n) is 9.68. The second kappa shape index (κ2) is 10.7. The van der Waals surface area contributed by atoms with Crippen molar-refractivity contribution in [1.29, 1.82) is 0 Å². The zero-order chi connectivity index (χ0) is 27.6. The van der Waals surface area contributed by atoms with Crippen molar-refractivity contribution < 1.29 is 4.74 Å². The van der Waals surface area contributed by atoms with E-state index >= 15 is 0 Å². The van der Waals surface area contributed by atoms with Gasteiger partial charge in [0.05, 0.1) is 16.3 Å². The highest BCUT2D eigenvalue weighted by molar-refractivity contribution is 7.15. The molecule has 0 N–H and O–H groups in total. The van der Waals surface area contributed by atoms with Crippen LogP contribution >= 0.6 is 11.3 Å². The Kier molecular flexibility index (Phi) is 6.84. The first kappa shape index (κ1) is 25.5. The highest BCUT2D eigenvalue weighted by atomic mass is 32.1. The van der Waals surface area contributed by atoms with E-state index in [0.717, 1.165) is 39.4 Å². The van der Waals surface area contributed by atoms with E-state index in [1.807, 2.05) is 123 Å². The molecule has 0 saturated heterocycles. The summed E-state index contributed by atoms with van der Waals surface area (Å²) in [5.41, 5.74) is 5.32. The van der Waals surface area contributed by atoms with Gasteiger partial charge in [0, 0.05) is 17.3 Å². The fourth-order valence-corrected chi connectivity index (χ4v) is 5.31. The molecular weight excluding hydrogens is 518 g/mol. The summed E-state index contributed by atoms with van der Waals surface area (Å²) in [6, 6.07) is 25.9. The lowest BCUT2D eigenvalue weighted by Gasteiger charge is -2.13. The molecule has 3 aromatic carbocycles. The highest BCUT2D eigenvalue weighted by Gasteiger charge is 2.15. The Morgan fingerprint density at radius 2 is 1.68 bits per heavy atom. The van der Waals surface area contributed by atoms with Crippen LogP contribution in [0.15, 0.2) is 89.9 Å². The largest absolute Gasteiger partial charge is 0.491 e. The van der Waals surface area contributed by atoms with E-state index in [9.17, 15) is 4.79 Å². The highest BCUT2D eigenvalue weighted by Crippen LogP contribution is 2.29. The average molecular weight is 546 g/mol. The predicted octanol–water partition coefficient (Wildman–Crippen LogP) is 5.82. The summed E-state index contributed by atoms with van der Waals surface area (Å²) in [5, 5.41) is 9.35. The molecule has 0 unspecified atom stereocenters. The molecule has 8 heteroatoms. The molecule has 3 heterocycles. The monoisotopic (exact) mass is 545 g/mol. The number of hydrogen-bond donors (Lipinski definition) is 0. The molecule has 0 aliphatic rings. The van der Waals surface area contributed by atoms with Crippen molar-refractivity contribution in [2.75, 3.05) is 0 Å². The van der Waals surface area contributed by atoms with Gasteiger partial charge in [-0.05, 0) is 74.4 Å². The maximum atomic E-state index is 13.3. The maximum absolute atomic E-state index is 13.3. The van der Waals surface area contributed by atoms with E-state index in [0.29, 0.717) is 15.3 Å². The number of hydrogen-bond acceptors (Lipinski definition) is 6. The van der Waals surface area contributed by atoms with Crippen LogP contribution in [0.3, 0.4) is 0 Å². The lowest BCUT2D eigenvalue weighted by Crippen LogP contribution is -2.23. The standard InChI is InChI=1S/C32H27N5O2S/c1-21(2)39-27-16-15-24(18-22(27)3)30-25(20-36(35-30)26-12-8-5-9-13-26)19-28-31(38)37-32(40-28)33-29(34-37)17-14-23-10-6-4-7-11-23/h4-21H,1-3H3. The van der Waals surface area contributed by atoms with Gasteiger partial charge in [-0.2, -0.15) is 14.6 Å². The topological polar surface area (TPSA) is 74.3 Å². The van der Waals surface area contributed by atoms with Gasteiger partial charge >= 0.3 is 0 Å². The third-order valence-electron chi connectivity index (χ3n) is 6.28. The van der Waals surface area contributed by atoms with Crippen LogP contribution in [0.25, 0.3) is 40.1 Å². The second-order valence-corrected chi connectivity index (χ2v) is 10.7. The Hall–Kier alpha value is -4.82. The van der Waals surface area contributed by atoms with E-state index in [4.69, 9.17) is 9.84 Å². The van der Waals surface area contributed by atoms with Gasteiger partial charge in [-0.3, -0.25) is 4.79 Å². The first-order valence-corrected chi connectivity index (χ1v) is 13.8. The molecule has 198 valence electrons. The Labute approximate surface area is 235 Å². The molecule has 0 amide bonds. The Morgan fingerprint density at radius 3 is 2.38 bits per heavy atom. The molecule has 0 atom stereocenters. The minimum Gasteiger partial charge on any atom is -0.491 e. The zero-order valence-electron chi connectivity index (χ0n) is 22.4. The number of rotatable bonds is 7. The van der Waals surface area contributed by atoms with Crippen LogP contribution in [0, 0.1) is 6.92 Å². The van der Waals surface area contributed by atoms with Crippen LogP contribution < -0.4 is 14.8 Å². The molecule has 0 radical (unpaired) electrons. The molecule has 7 nitrogen and oxygen atoms in total. The fourth-order valence-electron chi connectivity index (χ4n) is 4.41.